The van der Waals surface area contributed by atoms with Gasteiger partial charge in [0.05, 0.1) is 0 Å². The zero-order valence-corrected chi connectivity index (χ0v) is 17.4. The normalized spacial score (nSPS) is 16.3. The maximum atomic E-state index is 11.9. The number of thiophene rings is 1. The van der Waals surface area contributed by atoms with Crippen molar-refractivity contribution in [1.29, 1.82) is 0 Å². The van der Waals surface area contributed by atoms with Crippen molar-refractivity contribution < 1.29 is 9.53 Å². The van der Waals surface area contributed by atoms with Crippen molar-refractivity contribution in [3.8, 4) is 5.75 Å². The van der Waals surface area contributed by atoms with Crippen LogP contribution in [-0.2, 0) is 24.1 Å². The van der Waals surface area contributed by atoms with Crippen LogP contribution in [0.2, 0.25) is 0 Å². The second-order valence-corrected chi connectivity index (χ2v) is 8.41. The van der Waals surface area contributed by atoms with Crippen LogP contribution in [0.4, 0.5) is 0 Å². The van der Waals surface area contributed by atoms with E-state index < -0.39 is 0 Å². The molecule has 3 nitrogen and oxygen atoms in total. The van der Waals surface area contributed by atoms with Gasteiger partial charge in [-0.3, -0.25) is 9.69 Å². The van der Waals surface area contributed by atoms with Gasteiger partial charge in [0.2, 0.25) is 0 Å². The molecule has 2 aromatic rings. The van der Waals surface area contributed by atoms with Gasteiger partial charge in [-0.05, 0) is 73.7 Å². The van der Waals surface area contributed by atoms with Gasteiger partial charge in [0.25, 0.3) is 0 Å². The number of carbonyl (C=O) groups excluding carboxylic acids is 1. The maximum absolute atomic E-state index is 11.9. The van der Waals surface area contributed by atoms with E-state index in [1.807, 2.05) is 30.4 Å². The minimum atomic E-state index is -0.114. The van der Waals surface area contributed by atoms with E-state index in [1.54, 1.807) is 0 Å². The molecule has 1 aromatic carbocycles. The highest BCUT2D eigenvalue weighted by atomic mass is 32.1. The first-order valence-electron chi connectivity index (χ1n) is 10.3. The monoisotopic (exact) mass is 385 g/mol. The first-order valence-corrected chi connectivity index (χ1v) is 11.2. The van der Waals surface area contributed by atoms with Crippen LogP contribution in [0.15, 0.2) is 35.7 Å². The quantitative estimate of drug-likeness (QED) is 0.435. The molecule has 4 heteroatoms. The maximum Gasteiger partial charge on any atom is 0.311 e. The second kappa shape index (κ2) is 10.0. The molecule has 1 atom stereocenters. The lowest BCUT2D eigenvalue weighted by Gasteiger charge is -2.35. The molecule has 1 aliphatic carbocycles. The average Bonchev–Trinajstić information content (AvgIpc) is 3.19. The smallest absolute Gasteiger partial charge is 0.311 e. The highest BCUT2D eigenvalue weighted by Gasteiger charge is 2.26. The Bertz CT molecular complexity index is 726. The molecule has 1 aliphatic rings. The Morgan fingerprint density at radius 3 is 2.81 bits per heavy atom. The molecule has 1 heterocycles. The van der Waals surface area contributed by atoms with Crippen LogP contribution in [0.1, 0.15) is 55.5 Å². The van der Waals surface area contributed by atoms with Crippen LogP contribution < -0.4 is 4.74 Å². The number of hydrogen-bond donors (Lipinski definition) is 0. The van der Waals surface area contributed by atoms with Gasteiger partial charge in [-0.2, -0.15) is 0 Å². The Hall–Kier alpha value is -1.65. The Balaban J connectivity index is 1.67. The number of nitrogens with zero attached hydrogens (tertiary/aromatic N) is 1. The molecule has 1 aromatic heterocycles. The molecule has 0 aliphatic heterocycles. The number of hydrogen-bond acceptors (Lipinski definition) is 4. The van der Waals surface area contributed by atoms with Crippen molar-refractivity contribution in [2.45, 2.75) is 64.8 Å². The summed E-state index contributed by atoms with van der Waals surface area (Å²) < 4.78 is 5.64. The average molecular weight is 386 g/mol. The van der Waals surface area contributed by atoms with Crippen LogP contribution >= 0.6 is 11.3 Å². The predicted molar refractivity (Wildman–Crippen MR) is 113 cm³/mol. The fourth-order valence-electron chi connectivity index (χ4n) is 4.01. The zero-order valence-electron chi connectivity index (χ0n) is 16.6. The molecule has 0 fully saturated rings. The molecular formula is C23H31NO2S. The molecule has 3 rings (SSSR count). The standard InChI is InChI=1S/C23H31NO2S/c1-3-7-23(25)26-22-10-5-8-18-17-19(11-12-21(18)22)24(14-4-2)15-13-20-9-6-16-27-20/h5-6,8-10,16,19H,3-4,7,11-15,17H2,1-2H3. The lowest BCUT2D eigenvalue weighted by Crippen LogP contribution is -2.41. The number of carbonyl (C=O) groups is 1. The molecule has 0 saturated carbocycles. The van der Waals surface area contributed by atoms with Gasteiger partial charge >= 0.3 is 5.97 Å². The summed E-state index contributed by atoms with van der Waals surface area (Å²) in [6.07, 6.45) is 6.82. The van der Waals surface area contributed by atoms with E-state index >= 15 is 0 Å². The summed E-state index contributed by atoms with van der Waals surface area (Å²) in [6, 6.07) is 11.2. The van der Waals surface area contributed by atoms with E-state index in [1.165, 1.54) is 22.4 Å². The molecule has 0 radical (unpaired) electrons. The van der Waals surface area contributed by atoms with Crippen molar-refractivity contribution in [2.24, 2.45) is 0 Å². The number of rotatable bonds is 9. The molecule has 0 N–H and O–H groups in total. The van der Waals surface area contributed by atoms with E-state index in [2.05, 4.69) is 35.4 Å². The first kappa shape index (κ1) is 20.1. The molecule has 1 unspecified atom stereocenters. The number of ether oxygens (including phenoxy) is 1. The highest BCUT2D eigenvalue weighted by molar-refractivity contribution is 7.09. The van der Waals surface area contributed by atoms with Crippen molar-refractivity contribution in [1.82, 2.24) is 4.90 Å². The minimum absolute atomic E-state index is 0.114. The van der Waals surface area contributed by atoms with Crippen molar-refractivity contribution >= 4 is 17.3 Å². The van der Waals surface area contributed by atoms with E-state index in [0.29, 0.717) is 12.5 Å². The van der Waals surface area contributed by atoms with Crippen molar-refractivity contribution in [3.05, 3.63) is 51.7 Å². The largest absolute Gasteiger partial charge is 0.426 e. The summed E-state index contributed by atoms with van der Waals surface area (Å²) in [5.74, 6) is 0.668. The molecule has 146 valence electrons. The van der Waals surface area contributed by atoms with Crippen molar-refractivity contribution in [3.63, 3.8) is 0 Å². The van der Waals surface area contributed by atoms with E-state index in [9.17, 15) is 4.79 Å². The van der Waals surface area contributed by atoms with Crippen LogP contribution in [-0.4, -0.2) is 30.0 Å². The number of fused-ring (bicyclic) bond motifs is 1. The SMILES string of the molecule is CCCC(=O)Oc1cccc2c1CCC(N(CCC)CCc1cccs1)C2. The summed E-state index contributed by atoms with van der Waals surface area (Å²) in [7, 11) is 0. The molecule has 0 spiro atoms. The number of esters is 1. The Labute approximate surface area is 167 Å². The molecule has 0 bridgehead atoms. The Morgan fingerprint density at radius 2 is 2.07 bits per heavy atom. The van der Waals surface area contributed by atoms with E-state index in [0.717, 1.165) is 50.9 Å². The van der Waals surface area contributed by atoms with Gasteiger partial charge in [-0.25, -0.2) is 0 Å². The van der Waals surface area contributed by atoms with Crippen LogP contribution in [0.5, 0.6) is 5.75 Å². The summed E-state index contributed by atoms with van der Waals surface area (Å²) in [5.41, 5.74) is 2.60. The Kier molecular flexibility index (Phi) is 7.48. The summed E-state index contributed by atoms with van der Waals surface area (Å²) >= 11 is 1.85. The molecular weight excluding hydrogens is 354 g/mol. The van der Waals surface area contributed by atoms with E-state index in [-0.39, 0.29) is 5.97 Å². The van der Waals surface area contributed by atoms with Crippen LogP contribution in [0.3, 0.4) is 0 Å². The third kappa shape index (κ3) is 5.43. The highest BCUT2D eigenvalue weighted by Crippen LogP contribution is 2.32. The van der Waals surface area contributed by atoms with Gasteiger partial charge in [-0.1, -0.05) is 32.0 Å². The third-order valence-electron chi connectivity index (χ3n) is 5.34. The van der Waals surface area contributed by atoms with Crippen molar-refractivity contribution in [2.75, 3.05) is 13.1 Å². The summed E-state index contributed by atoms with van der Waals surface area (Å²) in [4.78, 5) is 16.1. The summed E-state index contributed by atoms with van der Waals surface area (Å²) in [5, 5.41) is 2.16. The fraction of sp³-hybridized carbons (Fsp3) is 0.522. The zero-order chi connectivity index (χ0) is 19.1. The third-order valence-corrected chi connectivity index (χ3v) is 6.28. The second-order valence-electron chi connectivity index (χ2n) is 7.38. The minimum Gasteiger partial charge on any atom is -0.426 e. The molecule has 0 amide bonds. The van der Waals surface area contributed by atoms with E-state index in [4.69, 9.17) is 4.74 Å². The summed E-state index contributed by atoms with van der Waals surface area (Å²) in [6.45, 7) is 6.54. The van der Waals surface area contributed by atoms with Gasteiger partial charge in [0.1, 0.15) is 5.75 Å². The van der Waals surface area contributed by atoms with Gasteiger partial charge in [0.15, 0.2) is 0 Å². The topological polar surface area (TPSA) is 29.5 Å². The first-order chi connectivity index (χ1) is 13.2. The fourth-order valence-corrected chi connectivity index (χ4v) is 4.71. The molecule has 0 saturated heterocycles. The van der Waals surface area contributed by atoms with Gasteiger partial charge in [0, 0.05) is 23.9 Å². The van der Waals surface area contributed by atoms with Crippen LogP contribution in [0.25, 0.3) is 0 Å². The Morgan fingerprint density at radius 1 is 1.19 bits per heavy atom. The number of benzene rings is 1. The van der Waals surface area contributed by atoms with Crippen LogP contribution in [0, 0.1) is 0 Å². The molecule has 27 heavy (non-hydrogen) atoms. The lowest BCUT2D eigenvalue weighted by molar-refractivity contribution is -0.134. The van der Waals surface area contributed by atoms with Gasteiger partial charge < -0.3 is 4.74 Å². The van der Waals surface area contributed by atoms with Gasteiger partial charge in [-0.15, -0.1) is 11.3 Å². The predicted octanol–water partition coefficient (Wildman–Crippen LogP) is 5.27. The lowest BCUT2D eigenvalue weighted by atomic mass is 9.86.